The first-order valence-electron chi connectivity index (χ1n) is 12.5. The van der Waals surface area contributed by atoms with Crippen LogP contribution in [0.1, 0.15) is 43.5 Å². The van der Waals surface area contributed by atoms with Crippen molar-refractivity contribution >= 4 is 57.6 Å². The van der Waals surface area contributed by atoms with E-state index in [9.17, 15) is 19.1 Å². The molecule has 0 bridgehead atoms. The molecule has 8 nitrogen and oxygen atoms in total. The van der Waals surface area contributed by atoms with Crippen molar-refractivity contribution in [3.8, 4) is 11.5 Å². The fraction of sp³-hybridized carbons (Fsp3) is 0.233. The van der Waals surface area contributed by atoms with Crippen molar-refractivity contribution in [1.82, 2.24) is 9.97 Å². The van der Waals surface area contributed by atoms with Crippen molar-refractivity contribution < 1.29 is 28.6 Å². The molecule has 1 aliphatic heterocycles. The molecule has 1 aromatic heterocycles. The quantitative estimate of drug-likeness (QED) is 0.146. The number of aliphatic hydroxyl groups is 1. The number of imidazole rings is 1. The van der Waals surface area contributed by atoms with E-state index in [4.69, 9.17) is 32.7 Å². The molecule has 5 rings (SSSR count). The number of nitrogens with zero attached hydrogens (tertiary/aromatic N) is 2. The minimum absolute atomic E-state index is 0.00217. The number of benzene rings is 3. The Balaban J connectivity index is 1.77. The van der Waals surface area contributed by atoms with Gasteiger partial charge in [0, 0.05) is 0 Å². The first-order valence-corrected chi connectivity index (χ1v) is 13.3. The Morgan fingerprint density at radius 1 is 1.02 bits per heavy atom. The average Bonchev–Trinajstić information content (AvgIpc) is 3.45. The van der Waals surface area contributed by atoms with Gasteiger partial charge in [0.25, 0.3) is 5.78 Å². The molecule has 0 radical (unpaired) electrons. The maximum atomic E-state index is 13.9. The highest BCUT2D eigenvalue weighted by Gasteiger charge is 2.48. The summed E-state index contributed by atoms with van der Waals surface area (Å²) >= 11 is 12.8. The normalized spacial score (nSPS) is 17.0. The van der Waals surface area contributed by atoms with Crippen LogP contribution in [0.2, 0.25) is 10.0 Å². The lowest BCUT2D eigenvalue weighted by Crippen LogP contribution is -2.30. The molecule has 3 aromatic carbocycles. The van der Waals surface area contributed by atoms with Gasteiger partial charge in [-0.1, -0.05) is 68.2 Å². The third-order valence-electron chi connectivity index (χ3n) is 6.99. The van der Waals surface area contributed by atoms with Crippen molar-refractivity contribution in [2.24, 2.45) is 0 Å². The van der Waals surface area contributed by atoms with Crippen LogP contribution in [0.4, 0.5) is 10.3 Å². The van der Waals surface area contributed by atoms with Gasteiger partial charge in [0.05, 0.1) is 47.5 Å². The smallest absolute Gasteiger partial charge is 0.302 e. The Labute approximate surface area is 245 Å². The molecule has 1 atom stereocenters. The second-order valence-electron chi connectivity index (χ2n) is 10.5. The number of H-pyrrole nitrogens is 1. The molecule has 4 aromatic rings. The summed E-state index contributed by atoms with van der Waals surface area (Å²) in [5.74, 6) is -2.84. The lowest BCUT2D eigenvalue weighted by atomic mass is 9.85. The van der Waals surface area contributed by atoms with E-state index in [-0.39, 0.29) is 44.0 Å². The number of carbonyl (C=O) groups excluding carboxylic acids is 2. The van der Waals surface area contributed by atoms with E-state index in [1.54, 1.807) is 12.1 Å². The molecule has 1 fully saturated rings. The van der Waals surface area contributed by atoms with E-state index in [0.717, 1.165) is 10.5 Å². The highest BCUT2D eigenvalue weighted by Crippen LogP contribution is 2.48. The summed E-state index contributed by atoms with van der Waals surface area (Å²) in [5.41, 5.74) is 1.86. The number of methoxy groups -OCH3 is 2. The van der Waals surface area contributed by atoms with Crippen molar-refractivity contribution in [3.63, 3.8) is 0 Å². The number of ether oxygens (including phenoxy) is 2. The fourth-order valence-corrected chi connectivity index (χ4v) is 5.59. The number of aromatic nitrogens is 2. The SMILES string of the molecule is COc1c(Cl)cc(/C(O)=C2\C(=O)C(=O)N(c3nc4ccc(F)cc4[nH]3)C2c2ccc(C(C)(C)C)cc2)c(OC)c1Cl. The highest BCUT2D eigenvalue weighted by atomic mass is 35.5. The number of rotatable bonds is 5. The van der Waals surface area contributed by atoms with Gasteiger partial charge in [0.2, 0.25) is 5.95 Å². The first kappa shape index (κ1) is 28.4. The third kappa shape index (κ3) is 4.79. The molecule has 1 amide bonds. The van der Waals surface area contributed by atoms with Crippen LogP contribution in [-0.4, -0.2) is 41.0 Å². The van der Waals surface area contributed by atoms with Crippen LogP contribution in [0.25, 0.3) is 16.8 Å². The Hall–Kier alpha value is -4.08. The third-order valence-corrected chi connectivity index (χ3v) is 7.62. The Morgan fingerprint density at radius 3 is 2.29 bits per heavy atom. The second kappa shape index (κ2) is 10.4. The number of ketones is 1. The summed E-state index contributed by atoms with van der Waals surface area (Å²) in [5, 5.41) is 11.7. The van der Waals surface area contributed by atoms with Gasteiger partial charge in [0.1, 0.15) is 16.6 Å². The zero-order valence-electron chi connectivity index (χ0n) is 22.8. The zero-order chi connectivity index (χ0) is 29.8. The highest BCUT2D eigenvalue weighted by molar-refractivity contribution is 6.51. The molecule has 41 heavy (non-hydrogen) atoms. The molecule has 0 saturated carbocycles. The van der Waals surface area contributed by atoms with Crippen LogP contribution in [-0.2, 0) is 15.0 Å². The number of aromatic amines is 1. The van der Waals surface area contributed by atoms with Gasteiger partial charge < -0.3 is 19.6 Å². The van der Waals surface area contributed by atoms with E-state index in [0.29, 0.717) is 16.6 Å². The van der Waals surface area contributed by atoms with Gasteiger partial charge in [0.15, 0.2) is 11.5 Å². The zero-order valence-corrected chi connectivity index (χ0v) is 24.3. The predicted octanol–water partition coefficient (Wildman–Crippen LogP) is 6.95. The molecule has 2 N–H and O–H groups in total. The number of amides is 1. The summed E-state index contributed by atoms with van der Waals surface area (Å²) in [6, 6.07) is 11.5. The molecule has 1 saturated heterocycles. The number of aliphatic hydroxyl groups excluding tert-OH is 1. The standard InChI is InChI=1S/C30H26Cl2FN3O5/c1-30(2,3)15-8-6-14(7-9-15)23-21(24(37)17-13-18(31)27(41-5)22(32)26(17)40-4)25(38)28(39)36(23)29-34-19-11-10-16(33)12-20(19)35-29/h6-13,23,37H,1-5H3,(H,34,35)/b24-21+. The van der Waals surface area contributed by atoms with Crippen LogP contribution in [0.3, 0.4) is 0 Å². The number of anilines is 1. The molecule has 212 valence electrons. The van der Waals surface area contributed by atoms with Crippen molar-refractivity contribution in [2.45, 2.75) is 32.2 Å². The minimum atomic E-state index is -1.11. The maximum absolute atomic E-state index is 13.9. The summed E-state index contributed by atoms with van der Waals surface area (Å²) in [6.07, 6.45) is 0. The fourth-order valence-electron chi connectivity index (χ4n) is 4.91. The summed E-state index contributed by atoms with van der Waals surface area (Å²) in [7, 11) is 2.71. The molecule has 1 aliphatic rings. The van der Waals surface area contributed by atoms with E-state index in [1.807, 2.05) is 12.1 Å². The predicted molar refractivity (Wildman–Crippen MR) is 156 cm³/mol. The summed E-state index contributed by atoms with van der Waals surface area (Å²) in [4.78, 5) is 35.8. The lowest BCUT2D eigenvalue weighted by Gasteiger charge is -2.25. The number of carbonyl (C=O) groups is 2. The number of fused-ring (bicyclic) bond motifs is 1. The van der Waals surface area contributed by atoms with E-state index in [1.165, 1.54) is 38.5 Å². The van der Waals surface area contributed by atoms with Gasteiger partial charge in [-0.25, -0.2) is 9.37 Å². The largest absolute Gasteiger partial charge is 0.507 e. The number of hydrogen-bond acceptors (Lipinski definition) is 6. The van der Waals surface area contributed by atoms with Crippen LogP contribution in [0, 0.1) is 5.82 Å². The second-order valence-corrected chi connectivity index (χ2v) is 11.3. The molecular formula is C30H26Cl2FN3O5. The van der Waals surface area contributed by atoms with E-state index < -0.39 is 29.3 Å². The molecular weight excluding hydrogens is 572 g/mol. The van der Waals surface area contributed by atoms with Crippen LogP contribution in [0.5, 0.6) is 11.5 Å². The van der Waals surface area contributed by atoms with Gasteiger partial charge in [-0.05, 0) is 40.8 Å². The number of halogens is 3. The van der Waals surface area contributed by atoms with Crippen molar-refractivity contribution in [2.75, 3.05) is 19.1 Å². The molecule has 11 heteroatoms. The van der Waals surface area contributed by atoms with Gasteiger partial charge in [-0.2, -0.15) is 0 Å². The van der Waals surface area contributed by atoms with Crippen LogP contribution in [0.15, 0.2) is 54.1 Å². The molecule has 0 aliphatic carbocycles. The minimum Gasteiger partial charge on any atom is -0.507 e. The topological polar surface area (TPSA) is 105 Å². The average molecular weight is 598 g/mol. The summed E-state index contributed by atoms with van der Waals surface area (Å²) < 4.78 is 24.6. The maximum Gasteiger partial charge on any atom is 0.302 e. The Morgan fingerprint density at radius 2 is 1.68 bits per heavy atom. The van der Waals surface area contributed by atoms with E-state index in [2.05, 4.69) is 30.7 Å². The molecule has 2 heterocycles. The van der Waals surface area contributed by atoms with Gasteiger partial charge >= 0.3 is 5.91 Å². The van der Waals surface area contributed by atoms with Crippen LogP contribution >= 0.6 is 23.2 Å². The van der Waals surface area contributed by atoms with Crippen LogP contribution < -0.4 is 14.4 Å². The van der Waals surface area contributed by atoms with Crippen molar-refractivity contribution in [1.29, 1.82) is 0 Å². The van der Waals surface area contributed by atoms with Gasteiger partial charge in [-0.3, -0.25) is 14.5 Å². The molecule has 0 spiro atoms. The first-order chi connectivity index (χ1) is 19.4. The number of Topliss-reactive ketones (excluding diaryl/α,β-unsaturated/α-hetero) is 1. The monoisotopic (exact) mass is 597 g/mol. The van der Waals surface area contributed by atoms with Gasteiger partial charge in [-0.15, -0.1) is 0 Å². The van der Waals surface area contributed by atoms with E-state index >= 15 is 0 Å². The molecule has 1 unspecified atom stereocenters. The number of hydrogen-bond donors (Lipinski definition) is 2. The summed E-state index contributed by atoms with van der Waals surface area (Å²) in [6.45, 7) is 6.18. The number of nitrogens with one attached hydrogen (secondary N) is 1. The lowest BCUT2D eigenvalue weighted by molar-refractivity contribution is -0.132. The Bertz CT molecular complexity index is 1740. The Kier molecular flexibility index (Phi) is 7.21. The van der Waals surface area contributed by atoms with Crippen molar-refractivity contribution in [3.05, 3.63) is 86.7 Å².